The fraction of sp³-hybridized carbons (Fsp3) is 0.591. The van der Waals surface area contributed by atoms with Gasteiger partial charge in [-0.15, -0.1) is 0 Å². The van der Waals surface area contributed by atoms with Crippen molar-refractivity contribution >= 4 is 27.4 Å². The number of fused-ring (bicyclic) bond motifs is 1. The van der Waals surface area contributed by atoms with Crippen LogP contribution in [0.3, 0.4) is 0 Å². The number of anilines is 1. The lowest BCUT2D eigenvalue weighted by molar-refractivity contribution is 0.0398. The lowest BCUT2D eigenvalue weighted by Crippen LogP contribution is -2.39. The molecule has 2 aliphatic rings. The highest BCUT2D eigenvalue weighted by atomic mass is 79.9. The van der Waals surface area contributed by atoms with Crippen molar-refractivity contribution in [2.24, 2.45) is 7.05 Å². The van der Waals surface area contributed by atoms with E-state index in [2.05, 4.69) is 31.2 Å². The molecule has 0 radical (unpaired) electrons. The quantitative estimate of drug-likeness (QED) is 0.571. The van der Waals surface area contributed by atoms with E-state index in [4.69, 9.17) is 14.8 Å². The maximum absolute atomic E-state index is 5.47. The zero-order valence-corrected chi connectivity index (χ0v) is 19.6. The summed E-state index contributed by atoms with van der Waals surface area (Å²) >= 11 is 3.90. The van der Waals surface area contributed by atoms with Crippen molar-refractivity contribution < 1.29 is 4.74 Å². The van der Waals surface area contributed by atoms with Crippen LogP contribution in [0.2, 0.25) is 0 Å². The van der Waals surface area contributed by atoms with Gasteiger partial charge in [0, 0.05) is 56.5 Å². The molecule has 4 heterocycles. The molecule has 0 spiro atoms. The maximum atomic E-state index is 5.47. The van der Waals surface area contributed by atoms with Gasteiger partial charge < -0.3 is 10.1 Å². The molecule has 0 aromatic carbocycles. The van der Waals surface area contributed by atoms with E-state index < -0.39 is 0 Å². The van der Waals surface area contributed by atoms with Crippen molar-refractivity contribution in [3.8, 4) is 11.1 Å². The van der Waals surface area contributed by atoms with Crippen LogP contribution in [0, 0.1) is 0 Å². The Hall–Kier alpha value is -1.97. The van der Waals surface area contributed by atoms with Crippen molar-refractivity contribution in [2.75, 3.05) is 44.7 Å². The average molecular weight is 488 g/mol. The Kier molecular flexibility index (Phi) is 6.24. The third-order valence-corrected chi connectivity index (χ3v) is 7.23. The van der Waals surface area contributed by atoms with Crippen LogP contribution in [-0.4, -0.2) is 68.7 Å². The van der Waals surface area contributed by atoms with Gasteiger partial charge in [-0.25, -0.2) is 4.98 Å². The third-order valence-electron chi connectivity index (χ3n) is 6.45. The second-order valence-electron chi connectivity index (χ2n) is 8.57. The minimum Gasteiger partial charge on any atom is -0.379 e. The predicted octanol–water partition coefficient (Wildman–Crippen LogP) is 3.68. The average Bonchev–Trinajstić information content (AvgIpc) is 3.42. The van der Waals surface area contributed by atoms with Crippen LogP contribution in [0.4, 0.5) is 5.82 Å². The Labute approximate surface area is 191 Å². The topological polar surface area (TPSA) is 72.5 Å². The van der Waals surface area contributed by atoms with E-state index in [9.17, 15) is 0 Å². The van der Waals surface area contributed by atoms with Crippen LogP contribution in [0.5, 0.6) is 0 Å². The van der Waals surface area contributed by atoms with Gasteiger partial charge in [-0.05, 0) is 28.8 Å². The molecule has 1 saturated heterocycles. The molecule has 0 atom stereocenters. The number of nitrogens with one attached hydrogen (secondary N) is 1. The standard InChI is InChI=1S/C22H30BrN7O/c1-28-15-17(13-25-28)18-14-26-30-21(18)27-20(16-5-3-2-4-6-16)19(23)22(30)24-7-8-29-9-11-31-12-10-29/h13-16,24H,2-12H2,1H3. The van der Waals surface area contributed by atoms with Gasteiger partial charge in [-0.3, -0.25) is 9.58 Å². The minimum absolute atomic E-state index is 0.490. The van der Waals surface area contributed by atoms with Gasteiger partial charge in [0.1, 0.15) is 5.82 Å². The second-order valence-corrected chi connectivity index (χ2v) is 9.36. The minimum atomic E-state index is 0.490. The molecule has 9 heteroatoms. The van der Waals surface area contributed by atoms with Gasteiger partial charge in [-0.1, -0.05) is 19.3 Å². The van der Waals surface area contributed by atoms with E-state index in [1.54, 1.807) is 0 Å². The highest BCUT2D eigenvalue weighted by molar-refractivity contribution is 9.10. The first-order chi connectivity index (χ1) is 15.2. The van der Waals surface area contributed by atoms with E-state index in [1.165, 1.54) is 32.1 Å². The van der Waals surface area contributed by atoms with Crippen LogP contribution in [0.1, 0.15) is 43.7 Å². The van der Waals surface area contributed by atoms with Gasteiger partial charge >= 0.3 is 0 Å². The molecule has 0 amide bonds. The summed E-state index contributed by atoms with van der Waals surface area (Å²) in [6.45, 7) is 5.47. The molecular weight excluding hydrogens is 458 g/mol. The van der Waals surface area contributed by atoms with E-state index in [1.807, 2.05) is 34.8 Å². The van der Waals surface area contributed by atoms with E-state index in [0.29, 0.717) is 5.92 Å². The highest BCUT2D eigenvalue weighted by Gasteiger charge is 2.25. The van der Waals surface area contributed by atoms with Crippen molar-refractivity contribution in [3.05, 3.63) is 28.8 Å². The van der Waals surface area contributed by atoms with Crippen LogP contribution in [0.25, 0.3) is 16.8 Å². The van der Waals surface area contributed by atoms with Gasteiger partial charge in [0.25, 0.3) is 0 Å². The van der Waals surface area contributed by atoms with Crippen LogP contribution in [0.15, 0.2) is 23.1 Å². The van der Waals surface area contributed by atoms with Crippen LogP contribution in [-0.2, 0) is 11.8 Å². The summed E-state index contributed by atoms with van der Waals surface area (Å²) in [6, 6.07) is 0. The van der Waals surface area contributed by atoms with Crippen molar-refractivity contribution in [1.82, 2.24) is 29.3 Å². The molecule has 3 aromatic rings. The molecule has 8 nitrogen and oxygen atoms in total. The molecule has 31 heavy (non-hydrogen) atoms. The first kappa shape index (κ1) is 20.9. The van der Waals surface area contributed by atoms with E-state index in [-0.39, 0.29) is 0 Å². The largest absolute Gasteiger partial charge is 0.379 e. The lowest BCUT2D eigenvalue weighted by atomic mass is 9.87. The Morgan fingerprint density at radius 3 is 2.68 bits per heavy atom. The number of nitrogens with zero attached hydrogens (tertiary/aromatic N) is 6. The Balaban J connectivity index is 1.50. The summed E-state index contributed by atoms with van der Waals surface area (Å²) in [6.07, 6.45) is 12.1. The zero-order chi connectivity index (χ0) is 21.2. The van der Waals surface area contributed by atoms with Crippen molar-refractivity contribution in [2.45, 2.75) is 38.0 Å². The second kappa shape index (κ2) is 9.26. The number of hydrogen-bond donors (Lipinski definition) is 1. The molecule has 5 rings (SSSR count). The number of halogens is 1. The number of rotatable bonds is 6. The summed E-state index contributed by atoms with van der Waals surface area (Å²) < 4.78 is 10.3. The predicted molar refractivity (Wildman–Crippen MR) is 124 cm³/mol. The molecular formula is C22H30BrN7O. The normalized spacial score (nSPS) is 18.6. The molecule has 166 valence electrons. The number of hydrogen-bond acceptors (Lipinski definition) is 6. The summed E-state index contributed by atoms with van der Waals surface area (Å²) in [5.74, 6) is 1.48. The smallest absolute Gasteiger partial charge is 0.165 e. The number of morpholine rings is 1. The van der Waals surface area contributed by atoms with Crippen molar-refractivity contribution in [3.63, 3.8) is 0 Å². The fourth-order valence-corrected chi connectivity index (χ4v) is 5.43. The summed E-state index contributed by atoms with van der Waals surface area (Å²) in [5, 5.41) is 12.7. The monoisotopic (exact) mass is 487 g/mol. The van der Waals surface area contributed by atoms with Gasteiger partial charge in [0.05, 0.1) is 35.8 Å². The summed E-state index contributed by atoms with van der Waals surface area (Å²) in [4.78, 5) is 7.59. The molecule has 1 aliphatic heterocycles. The first-order valence-corrected chi connectivity index (χ1v) is 12.1. The molecule has 3 aromatic heterocycles. The van der Waals surface area contributed by atoms with Gasteiger partial charge in [0.15, 0.2) is 5.65 Å². The van der Waals surface area contributed by atoms with Gasteiger partial charge in [-0.2, -0.15) is 14.7 Å². The number of aryl methyl sites for hydroxylation is 1. The molecule has 2 fully saturated rings. The molecule has 1 saturated carbocycles. The summed E-state index contributed by atoms with van der Waals surface area (Å²) in [5.41, 5.74) is 4.12. The molecule has 1 N–H and O–H groups in total. The summed E-state index contributed by atoms with van der Waals surface area (Å²) in [7, 11) is 1.94. The van der Waals surface area contributed by atoms with Gasteiger partial charge in [0.2, 0.25) is 0 Å². The molecule has 0 bridgehead atoms. The Bertz CT molecular complexity index is 1030. The van der Waals surface area contributed by atoms with Crippen LogP contribution < -0.4 is 5.32 Å². The zero-order valence-electron chi connectivity index (χ0n) is 18.1. The number of ether oxygens (including phenoxy) is 1. The third kappa shape index (κ3) is 4.36. The molecule has 0 unspecified atom stereocenters. The molecule has 1 aliphatic carbocycles. The maximum Gasteiger partial charge on any atom is 0.165 e. The first-order valence-electron chi connectivity index (χ1n) is 11.3. The van der Waals surface area contributed by atoms with Crippen molar-refractivity contribution in [1.29, 1.82) is 0 Å². The lowest BCUT2D eigenvalue weighted by Gasteiger charge is -2.27. The van der Waals surface area contributed by atoms with E-state index in [0.717, 1.165) is 72.2 Å². The Morgan fingerprint density at radius 1 is 1.13 bits per heavy atom. The van der Waals surface area contributed by atoms with E-state index >= 15 is 0 Å². The Morgan fingerprint density at radius 2 is 1.94 bits per heavy atom. The van der Waals surface area contributed by atoms with Crippen LogP contribution >= 0.6 is 15.9 Å². The highest BCUT2D eigenvalue weighted by Crippen LogP contribution is 2.39. The fourth-order valence-electron chi connectivity index (χ4n) is 4.71. The number of aromatic nitrogens is 5. The SMILES string of the molecule is Cn1cc(-c2cnn3c(NCCN4CCOCC4)c(Br)c(C4CCCCC4)nc23)cn1.